The monoisotopic (exact) mass is 178 g/mol. The number of rotatable bonds is 2. The van der Waals surface area contributed by atoms with Crippen molar-refractivity contribution >= 4 is 17.3 Å². The Balaban J connectivity index is 3.05. The van der Waals surface area contributed by atoms with Gasteiger partial charge in [0, 0.05) is 21.0 Å². The number of hydrogen-bond acceptors (Lipinski definition) is 2. The molecule has 0 aromatic heterocycles. The van der Waals surface area contributed by atoms with E-state index in [1.54, 1.807) is 18.9 Å². The number of amides is 1. The highest BCUT2D eigenvalue weighted by molar-refractivity contribution is 5.94. The van der Waals surface area contributed by atoms with Gasteiger partial charge in [-0.15, -0.1) is 0 Å². The first-order valence-electron chi connectivity index (χ1n) is 4.18. The van der Waals surface area contributed by atoms with Crippen LogP contribution in [0, 0.1) is 0 Å². The predicted octanol–water partition coefficient (Wildman–Crippen LogP) is 1.71. The molecule has 0 radical (unpaired) electrons. The van der Waals surface area contributed by atoms with Gasteiger partial charge in [-0.25, -0.2) is 0 Å². The summed E-state index contributed by atoms with van der Waals surface area (Å²) in [4.78, 5) is 12.7. The van der Waals surface area contributed by atoms with Crippen molar-refractivity contribution in [3.05, 3.63) is 24.3 Å². The Kier molecular flexibility index (Phi) is 2.90. The van der Waals surface area contributed by atoms with Crippen LogP contribution in [-0.4, -0.2) is 20.0 Å². The van der Waals surface area contributed by atoms with E-state index in [1.807, 2.05) is 31.3 Å². The lowest BCUT2D eigenvalue weighted by atomic mass is 10.2. The third kappa shape index (κ3) is 1.99. The zero-order valence-electron chi connectivity index (χ0n) is 8.16. The topological polar surface area (TPSA) is 32.3 Å². The van der Waals surface area contributed by atoms with Crippen LogP contribution in [0.15, 0.2) is 24.3 Å². The minimum Gasteiger partial charge on any atom is -0.386 e. The van der Waals surface area contributed by atoms with Crippen LogP contribution in [0.5, 0.6) is 0 Å². The Morgan fingerprint density at radius 2 is 2.00 bits per heavy atom. The van der Waals surface area contributed by atoms with Crippen molar-refractivity contribution < 1.29 is 4.79 Å². The molecule has 3 heteroatoms. The Bertz CT molecular complexity index is 310. The standard InChI is InChI=1S/C10H14N2O/c1-8(13)12(3)10-7-5-4-6-9(10)11-2/h4-7,11H,1-3H3. The molecular weight excluding hydrogens is 164 g/mol. The molecule has 0 saturated carbocycles. The van der Waals surface area contributed by atoms with Crippen molar-refractivity contribution in [2.75, 3.05) is 24.3 Å². The molecule has 1 aromatic carbocycles. The summed E-state index contributed by atoms with van der Waals surface area (Å²) in [5, 5.41) is 3.04. The van der Waals surface area contributed by atoms with Gasteiger partial charge in [-0.2, -0.15) is 0 Å². The average molecular weight is 178 g/mol. The fourth-order valence-corrected chi connectivity index (χ4v) is 1.15. The molecule has 0 unspecified atom stereocenters. The maximum absolute atomic E-state index is 11.1. The number of anilines is 2. The molecule has 0 aliphatic carbocycles. The van der Waals surface area contributed by atoms with Gasteiger partial charge in [-0.1, -0.05) is 12.1 Å². The molecule has 1 amide bonds. The van der Waals surface area contributed by atoms with Crippen molar-refractivity contribution in [2.45, 2.75) is 6.92 Å². The molecule has 0 heterocycles. The molecule has 0 aliphatic heterocycles. The Hall–Kier alpha value is -1.51. The lowest BCUT2D eigenvalue weighted by Gasteiger charge is -2.18. The van der Waals surface area contributed by atoms with Gasteiger partial charge in [0.2, 0.25) is 5.91 Å². The normalized spacial score (nSPS) is 9.46. The summed E-state index contributed by atoms with van der Waals surface area (Å²) in [5.74, 6) is 0.0303. The van der Waals surface area contributed by atoms with E-state index in [-0.39, 0.29) is 5.91 Å². The quantitative estimate of drug-likeness (QED) is 0.747. The van der Waals surface area contributed by atoms with Crippen LogP contribution in [0.3, 0.4) is 0 Å². The van der Waals surface area contributed by atoms with Crippen LogP contribution in [0.2, 0.25) is 0 Å². The molecule has 1 rings (SSSR count). The summed E-state index contributed by atoms with van der Waals surface area (Å²) >= 11 is 0. The second kappa shape index (κ2) is 3.94. The fraction of sp³-hybridized carbons (Fsp3) is 0.300. The van der Waals surface area contributed by atoms with Gasteiger partial charge in [-0.3, -0.25) is 4.79 Å². The number of carbonyl (C=O) groups is 1. The average Bonchev–Trinajstić information content (AvgIpc) is 2.16. The highest BCUT2D eigenvalue weighted by atomic mass is 16.2. The summed E-state index contributed by atoms with van der Waals surface area (Å²) in [6.07, 6.45) is 0. The molecule has 3 nitrogen and oxygen atoms in total. The summed E-state index contributed by atoms with van der Waals surface area (Å²) in [7, 11) is 3.60. The highest BCUT2D eigenvalue weighted by Gasteiger charge is 2.08. The number of nitrogens with zero attached hydrogens (tertiary/aromatic N) is 1. The third-order valence-corrected chi connectivity index (χ3v) is 2.01. The smallest absolute Gasteiger partial charge is 0.223 e. The molecule has 13 heavy (non-hydrogen) atoms. The van der Waals surface area contributed by atoms with Gasteiger partial charge in [0.1, 0.15) is 0 Å². The van der Waals surface area contributed by atoms with Crippen molar-refractivity contribution in [3.63, 3.8) is 0 Å². The maximum atomic E-state index is 11.1. The fourth-order valence-electron chi connectivity index (χ4n) is 1.15. The lowest BCUT2D eigenvalue weighted by Crippen LogP contribution is -2.23. The van der Waals surface area contributed by atoms with Crippen LogP contribution in [-0.2, 0) is 4.79 Å². The number of nitrogens with one attached hydrogen (secondary N) is 1. The lowest BCUT2D eigenvalue weighted by molar-refractivity contribution is -0.116. The molecular formula is C10H14N2O. The minimum atomic E-state index is 0.0303. The molecule has 0 spiro atoms. The number of hydrogen-bond donors (Lipinski definition) is 1. The van der Waals surface area contributed by atoms with Crippen LogP contribution >= 0.6 is 0 Å². The number of benzene rings is 1. The van der Waals surface area contributed by atoms with Gasteiger partial charge in [0.25, 0.3) is 0 Å². The Morgan fingerprint density at radius 1 is 1.38 bits per heavy atom. The van der Waals surface area contributed by atoms with Crippen molar-refractivity contribution in [2.24, 2.45) is 0 Å². The predicted molar refractivity (Wildman–Crippen MR) is 55.1 cm³/mol. The number of para-hydroxylation sites is 2. The zero-order chi connectivity index (χ0) is 9.84. The van der Waals surface area contributed by atoms with Gasteiger partial charge < -0.3 is 10.2 Å². The molecule has 1 aromatic rings. The Labute approximate surface area is 78.4 Å². The second-order valence-electron chi connectivity index (χ2n) is 2.85. The van der Waals surface area contributed by atoms with Crippen LogP contribution in [0.25, 0.3) is 0 Å². The molecule has 0 saturated heterocycles. The summed E-state index contributed by atoms with van der Waals surface area (Å²) < 4.78 is 0. The van der Waals surface area contributed by atoms with E-state index < -0.39 is 0 Å². The van der Waals surface area contributed by atoms with Crippen molar-refractivity contribution in [1.82, 2.24) is 0 Å². The van der Waals surface area contributed by atoms with E-state index in [0.29, 0.717) is 0 Å². The van der Waals surface area contributed by atoms with E-state index >= 15 is 0 Å². The molecule has 0 aliphatic rings. The van der Waals surface area contributed by atoms with Crippen molar-refractivity contribution in [1.29, 1.82) is 0 Å². The minimum absolute atomic E-state index is 0.0303. The summed E-state index contributed by atoms with van der Waals surface area (Å²) in [6.45, 7) is 1.55. The molecule has 0 atom stereocenters. The van der Waals surface area contributed by atoms with E-state index in [4.69, 9.17) is 0 Å². The van der Waals surface area contributed by atoms with Crippen LogP contribution < -0.4 is 10.2 Å². The number of carbonyl (C=O) groups excluding carboxylic acids is 1. The zero-order valence-corrected chi connectivity index (χ0v) is 8.16. The van der Waals surface area contributed by atoms with Gasteiger partial charge in [0.15, 0.2) is 0 Å². The van der Waals surface area contributed by atoms with Gasteiger partial charge >= 0.3 is 0 Å². The van der Waals surface area contributed by atoms with Gasteiger partial charge in [-0.05, 0) is 12.1 Å². The van der Waals surface area contributed by atoms with E-state index in [2.05, 4.69) is 5.32 Å². The molecule has 0 fully saturated rings. The van der Waals surface area contributed by atoms with E-state index in [1.165, 1.54) is 0 Å². The first-order chi connectivity index (χ1) is 6.16. The van der Waals surface area contributed by atoms with Crippen LogP contribution in [0.1, 0.15) is 6.92 Å². The van der Waals surface area contributed by atoms with E-state index in [9.17, 15) is 4.79 Å². The second-order valence-corrected chi connectivity index (χ2v) is 2.85. The largest absolute Gasteiger partial charge is 0.386 e. The molecule has 70 valence electrons. The van der Waals surface area contributed by atoms with Crippen molar-refractivity contribution in [3.8, 4) is 0 Å². The molecule has 0 bridgehead atoms. The first-order valence-corrected chi connectivity index (χ1v) is 4.18. The SMILES string of the molecule is CNc1ccccc1N(C)C(C)=O. The van der Waals surface area contributed by atoms with Gasteiger partial charge in [0.05, 0.1) is 11.4 Å². The third-order valence-electron chi connectivity index (χ3n) is 2.01. The summed E-state index contributed by atoms with van der Waals surface area (Å²) in [5.41, 5.74) is 1.86. The maximum Gasteiger partial charge on any atom is 0.223 e. The highest BCUT2D eigenvalue weighted by Crippen LogP contribution is 2.23. The first kappa shape index (κ1) is 9.58. The van der Waals surface area contributed by atoms with E-state index in [0.717, 1.165) is 11.4 Å². The summed E-state index contributed by atoms with van der Waals surface area (Å²) in [6, 6.07) is 7.70. The molecule has 1 N–H and O–H groups in total. The Morgan fingerprint density at radius 3 is 2.54 bits per heavy atom. The van der Waals surface area contributed by atoms with Crippen LogP contribution in [0.4, 0.5) is 11.4 Å².